The van der Waals surface area contributed by atoms with Crippen molar-refractivity contribution in [3.8, 4) is 0 Å². The Hall–Kier alpha value is -2.71. The maximum Gasteiger partial charge on any atom is 0.251 e. The molecule has 2 amide bonds. The molecule has 2 N–H and O–H groups in total. The van der Waals surface area contributed by atoms with Gasteiger partial charge in [0.1, 0.15) is 0 Å². The van der Waals surface area contributed by atoms with E-state index in [0.717, 1.165) is 9.87 Å². The summed E-state index contributed by atoms with van der Waals surface area (Å²) in [5.74, 6) is -0.559. The van der Waals surface area contributed by atoms with Gasteiger partial charge >= 0.3 is 0 Å². The topological polar surface area (TPSA) is 95.6 Å². The van der Waals surface area contributed by atoms with E-state index < -0.39 is 10.0 Å². The maximum absolute atomic E-state index is 12.3. The van der Waals surface area contributed by atoms with Crippen LogP contribution < -0.4 is 10.6 Å². The molecule has 0 aromatic heterocycles. The lowest BCUT2D eigenvalue weighted by Gasteiger charge is -2.12. The summed E-state index contributed by atoms with van der Waals surface area (Å²) in [6.45, 7) is 1.67. The van der Waals surface area contributed by atoms with E-state index in [1.165, 1.54) is 39.2 Å². The lowest BCUT2D eigenvalue weighted by Crippen LogP contribution is -2.25. The second kappa shape index (κ2) is 8.11. The van der Waals surface area contributed by atoms with Crippen LogP contribution in [0.25, 0.3) is 0 Å². The molecule has 26 heavy (non-hydrogen) atoms. The zero-order valence-corrected chi connectivity index (χ0v) is 15.6. The van der Waals surface area contributed by atoms with Crippen LogP contribution in [-0.2, 0) is 21.4 Å². The number of sulfonamides is 1. The van der Waals surface area contributed by atoms with E-state index in [-0.39, 0.29) is 28.8 Å². The van der Waals surface area contributed by atoms with Gasteiger partial charge in [0.15, 0.2) is 0 Å². The van der Waals surface area contributed by atoms with Gasteiger partial charge < -0.3 is 10.6 Å². The summed E-state index contributed by atoms with van der Waals surface area (Å²) in [4.78, 5) is 23.5. The molecule has 0 aliphatic carbocycles. The van der Waals surface area contributed by atoms with Crippen molar-refractivity contribution in [2.75, 3.05) is 19.4 Å². The number of hydrogen-bond acceptors (Lipinski definition) is 4. The van der Waals surface area contributed by atoms with Crippen LogP contribution >= 0.6 is 0 Å². The predicted octanol–water partition coefficient (Wildman–Crippen LogP) is 1.83. The zero-order chi connectivity index (χ0) is 19.3. The summed E-state index contributed by atoms with van der Waals surface area (Å²) in [6, 6.07) is 13.0. The number of nitrogens with one attached hydrogen (secondary N) is 2. The lowest BCUT2D eigenvalue weighted by molar-refractivity contribution is -0.114. The Labute approximate surface area is 153 Å². The number of benzene rings is 2. The summed E-state index contributed by atoms with van der Waals surface area (Å²) in [5, 5.41) is 5.42. The number of nitrogens with zero attached hydrogens (tertiary/aromatic N) is 1. The van der Waals surface area contributed by atoms with Gasteiger partial charge in [-0.15, -0.1) is 0 Å². The van der Waals surface area contributed by atoms with Gasteiger partial charge in [-0.2, -0.15) is 0 Å². The number of rotatable bonds is 6. The van der Waals surface area contributed by atoms with Gasteiger partial charge in [0.25, 0.3) is 5.91 Å². The summed E-state index contributed by atoms with van der Waals surface area (Å²) >= 11 is 0. The summed E-state index contributed by atoms with van der Waals surface area (Å²) in [6.07, 6.45) is 0. The third kappa shape index (κ3) is 4.90. The van der Waals surface area contributed by atoms with Gasteiger partial charge in [0.05, 0.1) is 4.90 Å². The third-order valence-corrected chi connectivity index (χ3v) is 5.39. The highest BCUT2D eigenvalue weighted by Crippen LogP contribution is 2.15. The first-order valence-corrected chi connectivity index (χ1v) is 9.31. The largest absolute Gasteiger partial charge is 0.348 e. The number of carbonyl (C=O) groups excluding carboxylic acids is 2. The van der Waals surface area contributed by atoms with Crippen molar-refractivity contribution in [3.63, 3.8) is 0 Å². The monoisotopic (exact) mass is 375 g/mol. The van der Waals surface area contributed by atoms with Crippen molar-refractivity contribution in [1.29, 1.82) is 0 Å². The third-order valence-electron chi connectivity index (χ3n) is 3.58. The first kappa shape index (κ1) is 19.6. The standard InChI is InChI=1S/C18H21N3O4S/c1-13(22)20-16-8-4-6-14(10-16)12-19-18(23)15-7-5-9-17(11-15)26(24,25)21(2)3/h4-11H,12H2,1-3H3,(H,19,23)(H,20,22). The van der Waals surface area contributed by atoms with Gasteiger partial charge in [-0.1, -0.05) is 18.2 Å². The molecule has 0 heterocycles. The highest BCUT2D eigenvalue weighted by Gasteiger charge is 2.18. The fraction of sp³-hybridized carbons (Fsp3) is 0.222. The molecule has 0 atom stereocenters. The Kier molecular flexibility index (Phi) is 6.12. The van der Waals surface area contributed by atoms with Gasteiger partial charge in [0.2, 0.25) is 15.9 Å². The average molecular weight is 375 g/mol. The van der Waals surface area contributed by atoms with E-state index in [9.17, 15) is 18.0 Å². The molecule has 0 bridgehead atoms. The predicted molar refractivity (Wildman–Crippen MR) is 99.2 cm³/mol. The van der Waals surface area contributed by atoms with Gasteiger partial charge in [-0.3, -0.25) is 9.59 Å². The van der Waals surface area contributed by atoms with Crippen LogP contribution in [0.3, 0.4) is 0 Å². The van der Waals surface area contributed by atoms with E-state index in [1.807, 2.05) is 6.07 Å². The first-order chi connectivity index (χ1) is 12.2. The van der Waals surface area contributed by atoms with E-state index in [0.29, 0.717) is 5.69 Å². The molecule has 0 aliphatic rings. The minimum atomic E-state index is -3.60. The normalized spacial score (nSPS) is 11.2. The fourth-order valence-electron chi connectivity index (χ4n) is 2.26. The summed E-state index contributed by atoms with van der Waals surface area (Å²) in [5.41, 5.74) is 1.70. The second-order valence-corrected chi connectivity index (χ2v) is 8.03. The second-order valence-electron chi connectivity index (χ2n) is 5.88. The van der Waals surface area contributed by atoms with Crippen LogP contribution in [0.15, 0.2) is 53.4 Å². The average Bonchev–Trinajstić information content (AvgIpc) is 2.59. The Bertz CT molecular complexity index is 924. The molecule has 0 fully saturated rings. The van der Waals surface area contributed by atoms with Crippen molar-refractivity contribution in [3.05, 3.63) is 59.7 Å². The maximum atomic E-state index is 12.3. The van der Waals surface area contributed by atoms with Crippen LogP contribution in [0.2, 0.25) is 0 Å². The minimum absolute atomic E-state index is 0.0582. The molecule has 0 saturated heterocycles. The van der Waals surface area contributed by atoms with Gasteiger partial charge in [-0.05, 0) is 35.9 Å². The molecule has 0 spiro atoms. The number of amides is 2. The van der Waals surface area contributed by atoms with Crippen molar-refractivity contribution in [2.24, 2.45) is 0 Å². The van der Waals surface area contributed by atoms with Crippen molar-refractivity contribution in [2.45, 2.75) is 18.4 Å². The molecule has 0 saturated carbocycles. The molecular weight excluding hydrogens is 354 g/mol. The van der Waals surface area contributed by atoms with E-state index in [2.05, 4.69) is 10.6 Å². The zero-order valence-electron chi connectivity index (χ0n) is 14.8. The summed E-state index contributed by atoms with van der Waals surface area (Å²) < 4.78 is 25.4. The molecule has 0 unspecified atom stereocenters. The molecule has 0 aliphatic heterocycles. The lowest BCUT2D eigenvalue weighted by atomic mass is 10.1. The highest BCUT2D eigenvalue weighted by atomic mass is 32.2. The van der Waals surface area contributed by atoms with Crippen LogP contribution in [0, 0.1) is 0 Å². The molecule has 0 radical (unpaired) electrons. The Balaban J connectivity index is 2.10. The van der Waals surface area contributed by atoms with E-state index >= 15 is 0 Å². The number of hydrogen-bond donors (Lipinski definition) is 2. The minimum Gasteiger partial charge on any atom is -0.348 e. The van der Waals surface area contributed by atoms with Crippen LogP contribution in [0.5, 0.6) is 0 Å². The molecule has 8 heteroatoms. The van der Waals surface area contributed by atoms with Crippen molar-refractivity contribution in [1.82, 2.24) is 9.62 Å². The van der Waals surface area contributed by atoms with Gasteiger partial charge in [-0.25, -0.2) is 12.7 Å². The highest BCUT2D eigenvalue weighted by molar-refractivity contribution is 7.89. The summed E-state index contributed by atoms with van der Waals surface area (Å²) in [7, 11) is -0.735. The fourth-order valence-corrected chi connectivity index (χ4v) is 3.20. The Morgan fingerprint density at radius 3 is 2.38 bits per heavy atom. The first-order valence-electron chi connectivity index (χ1n) is 7.87. The van der Waals surface area contributed by atoms with Crippen LogP contribution in [0.4, 0.5) is 5.69 Å². The quantitative estimate of drug-likeness (QED) is 0.805. The molecule has 2 aromatic rings. The molecular formula is C18H21N3O4S. The van der Waals surface area contributed by atoms with Crippen molar-refractivity contribution >= 4 is 27.5 Å². The van der Waals surface area contributed by atoms with Crippen molar-refractivity contribution < 1.29 is 18.0 Å². The van der Waals surface area contributed by atoms with Crippen LogP contribution in [-0.4, -0.2) is 38.6 Å². The number of anilines is 1. The molecule has 2 rings (SSSR count). The Morgan fingerprint density at radius 1 is 1.04 bits per heavy atom. The molecule has 2 aromatic carbocycles. The Morgan fingerprint density at radius 2 is 1.73 bits per heavy atom. The number of carbonyl (C=O) groups is 2. The smallest absolute Gasteiger partial charge is 0.251 e. The van der Waals surface area contributed by atoms with Gasteiger partial charge in [0, 0.05) is 38.8 Å². The van der Waals surface area contributed by atoms with Crippen LogP contribution in [0.1, 0.15) is 22.8 Å². The van der Waals surface area contributed by atoms with E-state index in [4.69, 9.17) is 0 Å². The molecule has 7 nitrogen and oxygen atoms in total. The molecule has 138 valence electrons. The SMILES string of the molecule is CC(=O)Nc1cccc(CNC(=O)c2cccc(S(=O)(=O)N(C)C)c2)c1. The van der Waals surface area contributed by atoms with E-state index in [1.54, 1.807) is 24.3 Å².